The van der Waals surface area contributed by atoms with Crippen LogP contribution in [-0.2, 0) is 14.3 Å². The molecule has 0 rings (SSSR count). The molecule has 0 unspecified atom stereocenters. The minimum Gasteiger partial charge on any atom is -0.465 e. The van der Waals surface area contributed by atoms with Gasteiger partial charge in [-0.3, -0.25) is 9.59 Å². The molecule has 0 aromatic heterocycles. The topological polar surface area (TPSA) is 55.4 Å². The summed E-state index contributed by atoms with van der Waals surface area (Å²) >= 11 is 1.27. The second-order valence-electron chi connectivity index (χ2n) is 4.08. The lowest BCUT2D eigenvalue weighted by molar-refractivity contribution is -0.139. The molecule has 0 radical (unpaired) electrons. The van der Waals surface area contributed by atoms with Gasteiger partial charge < -0.3 is 10.1 Å². The zero-order valence-electron chi connectivity index (χ0n) is 10.5. The normalized spacial score (nSPS) is 11.0. The van der Waals surface area contributed by atoms with Gasteiger partial charge in [0.05, 0.1) is 18.1 Å². The number of hydrogen-bond acceptors (Lipinski definition) is 4. The Kier molecular flexibility index (Phi) is 7.21. The molecule has 0 saturated heterocycles. The summed E-state index contributed by atoms with van der Waals surface area (Å²) < 4.78 is 4.75. The summed E-state index contributed by atoms with van der Waals surface area (Å²) in [6.07, 6.45) is 0.876. The monoisotopic (exact) mass is 247 g/mol. The first-order valence-electron chi connectivity index (χ1n) is 5.45. The van der Waals surface area contributed by atoms with Gasteiger partial charge in [0.1, 0.15) is 0 Å². The third kappa shape index (κ3) is 7.56. The summed E-state index contributed by atoms with van der Waals surface area (Å²) in [7, 11) is 0. The van der Waals surface area contributed by atoms with Gasteiger partial charge in [-0.25, -0.2) is 0 Å². The fourth-order valence-electron chi connectivity index (χ4n) is 0.932. The van der Waals surface area contributed by atoms with Gasteiger partial charge in [-0.2, -0.15) is 0 Å². The van der Waals surface area contributed by atoms with Crippen molar-refractivity contribution < 1.29 is 14.3 Å². The Morgan fingerprint density at radius 2 is 1.88 bits per heavy atom. The Bertz CT molecular complexity index is 241. The van der Waals surface area contributed by atoms with Crippen LogP contribution < -0.4 is 5.32 Å². The molecule has 0 aliphatic carbocycles. The first kappa shape index (κ1) is 15.3. The van der Waals surface area contributed by atoms with E-state index >= 15 is 0 Å². The average molecular weight is 247 g/mol. The minimum atomic E-state index is -0.268. The lowest BCUT2D eigenvalue weighted by Gasteiger charge is -2.24. The Balaban J connectivity index is 3.70. The molecule has 0 fully saturated rings. The largest absolute Gasteiger partial charge is 0.465 e. The van der Waals surface area contributed by atoms with Gasteiger partial charge in [0.15, 0.2) is 0 Å². The maximum atomic E-state index is 11.5. The van der Waals surface area contributed by atoms with Crippen molar-refractivity contribution in [2.24, 2.45) is 0 Å². The van der Waals surface area contributed by atoms with Crippen LogP contribution in [0.4, 0.5) is 0 Å². The molecular formula is C11H21NO3S. The lowest BCUT2D eigenvalue weighted by atomic mass is 10.0. The van der Waals surface area contributed by atoms with E-state index < -0.39 is 0 Å². The molecule has 1 N–H and O–H groups in total. The number of rotatable bonds is 7. The summed E-state index contributed by atoms with van der Waals surface area (Å²) in [4.78, 5) is 22.5. The van der Waals surface area contributed by atoms with Crippen LogP contribution in [0.25, 0.3) is 0 Å². The molecule has 5 heteroatoms. The highest BCUT2D eigenvalue weighted by Gasteiger charge is 2.17. The number of carbonyl (C=O) groups excluding carboxylic acids is 2. The van der Waals surface area contributed by atoms with Crippen LogP contribution in [0.2, 0.25) is 0 Å². The number of thioether (sulfide) groups is 1. The number of hydrogen-bond donors (Lipinski definition) is 1. The first-order valence-corrected chi connectivity index (χ1v) is 6.61. The van der Waals surface area contributed by atoms with Crippen molar-refractivity contribution in [2.45, 2.75) is 39.7 Å². The highest BCUT2D eigenvalue weighted by Crippen LogP contribution is 2.08. The average Bonchev–Trinajstić information content (AvgIpc) is 2.17. The maximum absolute atomic E-state index is 11.5. The molecule has 16 heavy (non-hydrogen) atoms. The number of ether oxygens (including phenoxy) is 1. The van der Waals surface area contributed by atoms with Gasteiger partial charge in [0.25, 0.3) is 0 Å². The van der Waals surface area contributed by atoms with E-state index in [2.05, 4.69) is 5.32 Å². The van der Waals surface area contributed by atoms with Crippen LogP contribution in [0.1, 0.15) is 34.1 Å². The van der Waals surface area contributed by atoms with Gasteiger partial charge in [-0.15, -0.1) is 11.8 Å². The van der Waals surface area contributed by atoms with Crippen molar-refractivity contribution in [3.63, 3.8) is 0 Å². The van der Waals surface area contributed by atoms with Crippen molar-refractivity contribution in [3.8, 4) is 0 Å². The molecule has 0 aromatic rings. The minimum absolute atomic E-state index is 0.0406. The third-order valence-corrected chi connectivity index (χ3v) is 3.03. The quantitative estimate of drug-likeness (QED) is 0.694. The number of amides is 1. The van der Waals surface area contributed by atoms with Crippen molar-refractivity contribution in [2.75, 3.05) is 18.1 Å². The van der Waals surface area contributed by atoms with Crippen LogP contribution in [0.5, 0.6) is 0 Å². The molecule has 0 saturated carbocycles. The van der Waals surface area contributed by atoms with Crippen molar-refractivity contribution in [1.29, 1.82) is 0 Å². The molecule has 0 spiro atoms. The first-order chi connectivity index (χ1) is 7.41. The molecule has 0 atom stereocenters. The zero-order valence-corrected chi connectivity index (χ0v) is 11.3. The Labute approximate surface area is 101 Å². The van der Waals surface area contributed by atoms with Gasteiger partial charge >= 0.3 is 5.97 Å². The molecule has 0 aliphatic heterocycles. The fraction of sp³-hybridized carbons (Fsp3) is 0.818. The van der Waals surface area contributed by atoms with Crippen molar-refractivity contribution in [1.82, 2.24) is 5.32 Å². The molecule has 0 bridgehead atoms. The summed E-state index contributed by atoms with van der Waals surface area (Å²) in [5, 5.41) is 2.90. The van der Waals surface area contributed by atoms with Crippen LogP contribution in [0.3, 0.4) is 0 Å². The van der Waals surface area contributed by atoms with E-state index in [1.165, 1.54) is 11.8 Å². The van der Waals surface area contributed by atoms with Crippen molar-refractivity contribution in [3.05, 3.63) is 0 Å². The maximum Gasteiger partial charge on any atom is 0.315 e. The summed E-state index contributed by atoms with van der Waals surface area (Å²) in [5.74, 6) is 0.215. The molecule has 4 nitrogen and oxygen atoms in total. The van der Waals surface area contributed by atoms with E-state index in [0.29, 0.717) is 12.4 Å². The number of carbonyl (C=O) groups is 2. The van der Waals surface area contributed by atoms with E-state index in [4.69, 9.17) is 4.74 Å². The van der Waals surface area contributed by atoms with Gasteiger partial charge in [-0.05, 0) is 27.2 Å². The number of esters is 1. The highest BCUT2D eigenvalue weighted by atomic mass is 32.2. The molecule has 0 heterocycles. The predicted molar refractivity (Wildman–Crippen MR) is 66.5 cm³/mol. The van der Waals surface area contributed by atoms with Crippen molar-refractivity contribution >= 4 is 23.6 Å². The van der Waals surface area contributed by atoms with Gasteiger partial charge in [0, 0.05) is 5.54 Å². The Hall–Kier alpha value is -0.710. The Morgan fingerprint density at radius 1 is 1.25 bits per heavy atom. The third-order valence-electron chi connectivity index (χ3n) is 2.12. The summed E-state index contributed by atoms with van der Waals surface area (Å²) in [6.45, 7) is 8.11. The predicted octanol–water partition coefficient (Wildman–Crippen LogP) is 1.59. The van der Waals surface area contributed by atoms with Gasteiger partial charge in [-0.1, -0.05) is 6.92 Å². The zero-order chi connectivity index (χ0) is 12.6. The second-order valence-corrected chi connectivity index (χ2v) is 5.07. The van der Waals surface area contributed by atoms with Crippen LogP contribution >= 0.6 is 11.8 Å². The number of nitrogens with one attached hydrogen (secondary N) is 1. The highest BCUT2D eigenvalue weighted by molar-refractivity contribution is 8.00. The van der Waals surface area contributed by atoms with Crippen LogP contribution in [0.15, 0.2) is 0 Å². The SMILES string of the molecule is CCOC(=O)CSCC(=O)NC(C)(C)CC. The molecule has 94 valence electrons. The van der Waals surface area contributed by atoms with E-state index in [1.807, 2.05) is 20.8 Å². The molecule has 0 aliphatic rings. The lowest BCUT2D eigenvalue weighted by Crippen LogP contribution is -2.43. The van der Waals surface area contributed by atoms with E-state index in [9.17, 15) is 9.59 Å². The van der Waals surface area contributed by atoms with Crippen LogP contribution in [0, 0.1) is 0 Å². The smallest absolute Gasteiger partial charge is 0.315 e. The molecule has 0 aromatic carbocycles. The summed E-state index contributed by atoms with van der Waals surface area (Å²) in [5.41, 5.74) is -0.179. The molecule has 1 amide bonds. The summed E-state index contributed by atoms with van der Waals surface area (Å²) in [6, 6.07) is 0. The van der Waals surface area contributed by atoms with E-state index in [0.717, 1.165) is 6.42 Å². The molecular weight excluding hydrogens is 226 g/mol. The Morgan fingerprint density at radius 3 is 2.38 bits per heavy atom. The fourth-order valence-corrected chi connectivity index (χ4v) is 1.54. The van der Waals surface area contributed by atoms with E-state index in [-0.39, 0.29) is 23.2 Å². The van der Waals surface area contributed by atoms with Crippen LogP contribution in [-0.4, -0.2) is 35.5 Å². The van der Waals surface area contributed by atoms with Gasteiger partial charge in [0.2, 0.25) is 5.91 Å². The standard InChI is InChI=1S/C11H21NO3S/c1-5-11(3,4)12-9(13)7-16-8-10(14)15-6-2/h5-8H2,1-4H3,(H,12,13). The van der Waals surface area contributed by atoms with E-state index in [1.54, 1.807) is 6.92 Å². The second kappa shape index (κ2) is 7.54.